The number of nitriles is 1. The predicted molar refractivity (Wildman–Crippen MR) is 60.6 cm³/mol. The Bertz CT molecular complexity index is 450. The summed E-state index contributed by atoms with van der Waals surface area (Å²) in [5.74, 6) is 1.90. The maximum Gasteiger partial charge on any atom is 0.127 e. The fourth-order valence-corrected chi connectivity index (χ4v) is 2.18. The van der Waals surface area contributed by atoms with E-state index in [9.17, 15) is 5.26 Å². The number of methoxy groups -OCH3 is 2. The van der Waals surface area contributed by atoms with Crippen molar-refractivity contribution in [2.45, 2.75) is 18.8 Å². The Morgan fingerprint density at radius 1 is 1.38 bits per heavy atom. The van der Waals surface area contributed by atoms with Crippen LogP contribution in [0.4, 0.5) is 0 Å². The first-order valence-corrected chi connectivity index (χ1v) is 5.31. The lowest BCUT2D eigenvalue weighted by molar-refractivity contribution is 0.389. The van der Waals surface area contributed by atoms with Crippen LogP contribution in [0.15, 0.2) is 18.2 Å². The van der Waals surface area contributed by atoms with Crippen molar-refractivity contribution in [2.75, 3.05) is 14.2 Å². The summed E-state index contributed by atoms with van der Waals surface area (Å²) in [6.07, 6.45) is 0.909. The molecule has 2 atom stereocenters. The summed E-state index contributed by atoms with van der Waals surface area (Å²) < 4.78 is 10.5. The van der Waals surface area contributed by atoms with Gasteiger partial charge < -0.3 is 9.47 Å². The van der Waals surface area contributed by atoms with Gasteiger partial charge in [0, 0.05) is 11.6 Å². The van der Waals surface area contributed by atoms with Crippen LogP contribution in [0, 0.1) is 17.2 Å². The quantitative estimate of drug-likeness (QED) is 0.781. The van der Waals surface area contributed by atoms with Crippen molar-refractivity contribution in [3.63, 3.8) is 0 Å². The van der Waals surface area contributed by atoms with E-state index in [1.165, 1.54) is 0 Å². The zero-order chi connectivity index (χ0) is 11.8. The van der Waals surface area contributed by atoms with Crippen molar-refractivity contribution in [3.05, 3.63) is 23.8 Å². The van der Waals surface area contributed by atoms with Crippen molar-refractivity contribution in [2.24, 2.45) is 5.92 Å². The van der Waals surface area contributed by atoms with Crippen LogP contribution in [0.1, 0.15) is 18.9 Å². The summed E-state index contributed by atoms with van der Waals surface area (Å²) >= 11 is 0. The molecular weight excluding hydrogens is 202 g/mol. The van der Waals surface area contributed by atoms with Gasteiger partial charge in [0.05, 0.1) is 25.7 Å². The van der Waals surface area contributed by atoms with Gasteiger partial charge in [0.15, 0.2) is 0 Å². The van der Waals surface area contributed by atoms with Crippen molar-refractivity contribution >= 4 is 0 Å². The first-order valence-electron chi connectivity index (χ1n) is 5.31. The van der Waals surface area contributed by atoms with Crippen LogP contribution in [0.2, 0.25) is 0 Å². The fourth-order valence-electron chi connectivity index (χ4n) is 2.18. The molecular formula is C13H15NO2. The average Bonchev–Trinajstić information content (AvgIpc) is 3.00. The summed E-state index contributed by atoms with van der Waals surface area (Å²) in [6, 6.07) is 8.05. The highest BCUT2D eigenvalue weighted by Gasteiger charge is 2.54. The Morgan fingerprint density at radius 2 is 2.06 bits per heavy atom. The summed E-state index contributed by atoms with van der Waals surface area (Å²) in [6.45, 7) is 2.09. The first-order chi connectivity index (χ1) is 7.67. The van der Waals surface area contributed by atoms with Crippen LogP contribution >= 0.6 is 0 Å². The second kappa shape index (κ2) is 3.71. The standard InChI is InChI=1S/C13H15NO2/c1-9-7-13(9,8-14)11-5-4-10(15-2)6-12(11)16-3/h4-6,9H,7H2,1-3H3. The van der Waals surface area contributed by atoms with Crippen LogP contribution in [-0.2, 0) is 5.41 Å². The highest BCUT2D eigenvalue weighted by atomic mass is 16.5. The molecule has 1 aromatic rings. The zero-order valence-electron chi connectivity index (χ0n) is 9.78. The molecule has 0 saturated heterocycles. The maximum absolute atomic E-state index is 9.29. The summed E-state index contributed by atoms with van der Waals surface area (Å²) in [5, 5.41) is 9.29. The van der Waals surface area contributed by atoms with Crippen molar-refractivity contribution in [3.8, 4) is 17.6 Å². The molecule has 3 nitrogen and oxygen atoms in total. The molecule has 0 N–H and O–H groups in total. The molecule has 0 heterocycles. The zero-order valence-corrected chi connectivity index (χ0v) is 9.78. The molecule has 1 aliphatic carbocycles. The molecule has 0 bridgehead atoms. The Balaban J connectivity index is 2.46. The van der Waals surface area contributed by atoms with Gasteiger partial charge in [0.1, 0.15) is 11.5 Å². The number of ether oxygens (including phenoxy) is 2. The summed E-state index contributed by atoms with van der Waals surface area (Å²) in [7, 11) is 3.24. The lowest BCUT2D eigenvalue weighted by atomic mass is 9.94. The second-order valence-electron chi connectivity index (χ2n) is 4.25. The van der Waals surface area contributed by atoms with E-state index in [0.29, 0.717) is 5.92 Å². The number of benzene rings is 1. The van der Waals surface area contributed by atoms with Crippen molar-refractivity contribution in [1.29, 1.82) is 5.26 Å². The number of hydrogen-bond donors (Lipinski definition) is 0. The van der Waals surface area contributed by atoms with Gasteiger partial charge in [0.25, 0.3) is 0 Å². The molecule has 0 aromatic heterocycles. The molecule has 84 valence electrons. The predicted octanol–water partition coefficient (Wildman–Crippen LogP) is 2.50. The van der Waals surface area contributed by atoms with Gasteiger partial charge in [-0.2, -0.15) is 5.26 Å². The Kier molecular flexibility index (Phi) is 2.51. The van der Waals surface area contributed by atoms with Crippen LogP contribution in [0.25, 0.3) is 0 Å². The third-order valence-corrected chi connectivity index (χ3v) is 3.40. The first kappa shape index (κ1) is 10.8. The van der Waals surface area contributed by atoms with Gasteiger partial charge in [-0.1, -0.05) is 13.0 Å². The average molecular weight is 217 g/mol. The Labute approximate surface area is 95.6 Å². The van der Waals surface area contributed by atoms with E-state index in [4.69, 9.17) is 9.47 Å². The van der Waals surface area contributed by atoms with E-state index >= 15 is 0 Å². The highest BCUT2D eigenvalue weighted by molar-refractivity contribution is 5.52. The molecule has 0 spiro atoms. The van der Waals surface area contributed by atoms with Crippen molar-refractivity contribution in [1.82, 2.24) is 0 Å². The van der Waals surface area contributed by atoms with Gasteiger partial charge >= 0.3 is 0 Å². The van der Waals surface area contributed by atoms with Crippen LogP contribution in [0.3, 0.4) is 0 Å². The van der Waals surface area contributed by atoms with E-state index in [2.05, 4.69) is 13.0 Å². The molecule has 0 radical (unpaired) electrons. The molecule has 16 heavy (non-hydrogen) atoms. The minimum atomic E-state index is -0.350. The molecule has 0 amide bonds. The Hall–Kier alpha value is -1.69. The number of nitrogens with zero attached hydrogens (tertiary/aromatic N) is 1. The van der Waals surface area contributed by atoms with Crippen LogP contribution in [-0.4, -0.2) is 14.2 Å². The van der Waals surface area contributed by atoms with E-state index in [0.717, 1.165) is 23.5 Å². The van der Waals surface area contributed by atoms with E-state index in [-0.39, 0.29) is 5.41 Å². The fraction of sp³-hybridized carbons (Fsp3) is 0.462. The molecule has 1 aliphatic rings. The third kappa shape index (κ3) is 1.42. The molecule has 1 aromatic carbocycles. The van der Waals surface area contributed by atoms with Gasteiger partial charge in [-0.3, -0.25) is 0 Å². The molecule has 3 heteroatoms. The van der Waals surface area contributed by atoms with Gasteiger partial charge in [-0.05, 0) is 18.4 Å². The lowest BCUT2D eigenvalue weighted by Gasteiger charge is -2.14. The minimum absolute atomic E-state index is 0.350. The monoisotopic (exact) mass is 217 g/mol. The summed E-state index contributed by atoms with van der Waals surface area (Å²) in [5.41, 5.74) is 0.628. The van der Waals surface area contributed by atoms with E-state index < -0.39 is 0 Å². The number of hydrogen-bond acceptors (Lipinski definition) is 3. The topological polar surface area (TPSA) is 42.2 Å². The highest BCUT2D eigenvalue weighted by Crippen LogP contribution is 2.56. The van der Waals surface area contributed by atoms with E-state index in [1.807, 2.05) is 18.2 Å². The molecule has 1 fully saturated rings. The van der Waals surface area contributed by atoms with Gasteiger partial charge in [-0.15, -0.1) is 0 Å². The largest absolute Gasteiger partial charge is 0.497 e. The molecule has 2 rings (SSSR count). The molecule has 1 saturated carbocycles. The van der Waals surface area contributed by atoms with E-state index in [1.54, 1.807) is 14.2 Å². The normalized spacial score (nSPS) is 27.0. The minimum Gasteiger partial charge on any atom is -0.497 e. The van der Waals surface area contributed by atoms with Gasteiger partial charge in [0.2, 0.25) is 0 Å². The Morgan fingerprint density at radius 3 is 2.50 bits per heavy atom. The van der Waals surface area contributed by atoms with Gasteiger partial charge in [-0.25, -0.2) is 0 Å². The van der Waals surface area contributed by atoms with Crippen molar-refractivity contribution < 1.29 is 9.47 Å². The second-order valence-corrected chi connectivity index (χ2v) is 4.25. The molecule has 2 unspecified atom stereocenters. The lowest BCUT2D eigenvalue weighted by Crippen LogP contribution is -2.08. The SMILES string of the molecule is COc1ccc(C2(C#N)CC2C)c(OC)c1. The summed E-state index contributed by atoms with van der Waals surface area (Å²) in [4.78, 5) is 0. The molecule has 0 aliphatic heterocycles. The number of rotatable bonds is 3. The smallest absolute Gasteiger partial charge is 0.127 e. The maximum atomic E-state index is 9.29. The third-order valence-electron chi connectivity index (χ3n) is 3.40. The van der Waals surface area contributed by atoms with Crippen LogP contribution in [0.5, 0.6) is 11.5 Å². The van der Waals surface area contributed by atoms with Crippen LogP contribution < -0.4 is 9.47 Å².